The van der Waals surface area contributed by atoms with Crippen molar-refractivity contribution in [2.24, 2.45) is 23.2 Å². The van der Waals surface area contributed by atoms with Crippen LogP contribution in [0.25, 0.3) is 0 Å². The van der Waals surface area contributed by atoms with Crippen molar-refractivity contribution < 1.29 is 4.79 Å². The van der Waals surface area contributed by atoms with E-state index in [9.17, 15) is 4.79 Å². The molecule has 2 rings (SSSR count). The third kappa shape index (κ3) is 0.949. The Kier molecular flexibility index (Phi) is 1.78. The van der Waals surface area contributed by atoms with Gasteiger partial charge in [0.2, 0.25) is 0 Å². The molecule has 0 aromatic rings. The smallest absolute Gasteiger partial charge is 0.120 e. The first-order valence-electron chi connectivity index (χ1n) is 5.10. The number of carbonyl (C=O) groups is 1. The Labute approximate surface area is 74.5 Å². The van der Waals surface area contributed by atoms with E-state index in [1.807, 2.05) is 0 Å². The Morgan fingerprint density at radius 3 is 2.58 bits per heavy atom. The molecule has 2 unspecified atom stereocenters. The summed E-state index contributed by atoms with van der Waals surface area (Å²) in [6, 6.07) is 0. The minimum absolute atomic E-state index is 0.535. The van der Waals surface area contributed by atoms with E-state index >= 15 is 0 Å². The molecule has 2 aliphatic rings. The van der Waals surface area contributed by atoms with Gasteiger partial charge in [0.25, 0.3) is 0 Å². The molecule has 0 spiro atoms. The Hall–Kier alpha value is -0.330. The van der Waals surface area contributed by atoms with Crippen LogP contribution in [0.5, 0.6) is 0 Å². The SMILES string of the molecule is CC1(C)C2CCC1[C@@H](CC=O)C2. The number of fused-ring (bicyclic) bond motifs is 2. The fraction of sp³-hybridized carbons (Fsp3) is 0.909. The van der Waals surface area contributed by atoms with Gasteiger partial charge < -0.3 is 4.79 Å². The lowest BCUT2D eigenvalue weighted by Crippen LogP contribution is -2.19. The van der Waals surface area contributed by atoms with Crippen LogP contribution in [0.3, 0.4) is 0 Å². The monoisotopic (exact) mass is 166 g/mol. The fourth-order valence-corrected chi connectivity index (χ4v) is 3.61. The molecule has 2 bridgehead atoms. The molecule has 3 atom stereocenters. The van der Waals surface area contributed by atoms with Crippen LogP contribution >= 0.6 is 0 Å². The largest absolute Gasteiger partial charge is 0.303 e. The predicted octanol–water partition coefficient (Wildman–Crippen LogP) is 2.65. The molecule has 0 heterocycles. The summed E-state index contributed by atoms with van der Waals surface area (Å²) in [5, 5.41) is 0. The normalized spacial score (nSPS) is 43.3. The lowest BCUT2D eigenvalue weighted by molar-refractivity contribution is -0.109. The number of aldehydes is 1. The maximum atomic E-state index is 10.4. The van der Waals surface area contributed by atoms with Crippen molar-refractivity contribution in [3.8, 4) is 0 Å². The van der Waals surface area contributed by atoms with Gasteiger partial charge in [-0.25, -0.2) is 0 Å². The summed E-state index contributed by atoms with van der Waals surface area (Å²) >= 11 is 0. The van der Waals surface area contributed by atoms with E-state index in [-0.39, 0.29) is 0 Å². The van der Waals surface area contributed by atoms with Gasteiger partial charge in [0.05, 0.1) is 0 Å². The Balaban J connectivity index is 2.13. The second kappa shape index (κ2) is 2.58. The van der Waals surface area contributed by atoms with Crippen LogP contribution in [0, 0.1) is 23.2 Å². The first-order valence-corrected chi connectivity index (χ1v) is 5.10. The molecule has 0 radical (unpaired) electrons. The van der Waals surface area contributed by atoms with Crippen molar-refractivity contribution in [1.82, 2.24) is 0 Å². The first kappa shape index (κ1) is 8.28. The van der Waals surface area contributed by atoms with Gasteiger partial charge >= 0.3 is 0 Å². The lowest BCUT2D eigenvalue weighted by atomic mass is 9.79. The number of hydrogen-bond donors (Lipinski definition) is 0. The number of hydrogen-bond acceptors (Lipinski definition) is 1. The molecule has 1 heteroatoms. The van der Waals surface area contributed by atoms with Crippen LogP contribution in [0.2, 0.25) is 0 Å². The molecular weight excluding hydrogens is 148 g/mol. The third-order valence-electron chi connectivity index (χ3n) is 4.39. The summed E-state index contributed by atoms with van der Waals surface area (Å²) in [7, 11) is 0. The molecule has 0 aromatic heterocycles. The quantitative estimate of drug-likeness (QED) is 0.576. The van der Waals surface area contributed by atoms with E-state index in [1.165, 1.54) is 19.3 Å². The van der Waals surface area contributed by atoms with Crippen LogP contribution < -0.4 is 0 Å². The highest BCUT2D eigenvalue weighted by Crippen LogP contribution is 2.60. The molecule has 1 nitrogen and oxygen atoms in total. The van der Waals surface area contributed by atoms with E-state index < -0.39 is 0 Å². The average molecular weight is 166 g/mol. The molecular formula is C11H18O. The molecule has 0 aliphatic heterocycles. The zero-order chi connectivity index (χ0) is 8.77. The second-order valence-electron chi connectivity index (χ2n) is 5.10. The van der Waals surface area contributed by atoms with Gasteiger partial charge in [0, 0.05) is 6.42 Å². The van der Waals surface area contributed by atoms with Gasteiger partial charge in [-0.3, -0.25) is 0 Å². The molecule has 0 amide bonds. The van der Waals surface area contributed by atoms with Gasteiger partial charge in [0.1, 0.15) is 6.29 Å². The van der Waals surface area contributed by atoms with Gasteiger partial charge in [-0.15, -0.1) is 0 Å². The van der Waals surface area contributed by atoms with E-state index in [4.69, 9.17) is 0 Å². The Morgan fingerprint density at radius 2 is 2.17 bits per heavy atom. The second-order valence-corrected chi connectivity index (χ2v) is 5.10. The van der Waals surface area contributed by atoms with Crippen LogP contribution in [-0.2, 0) is 4.79 Å². The van der Waals surface area contributed by atoms with E-state index in [2.05, 4.69) is 13.8 Å². The topological polar surface area (TPSA) is 17.1 Å². The minimum atomic E-state index is 0.535. The summed E-state index contributed by atoms with van der Waals surface area (Å²) in [5.74, 6) is 2.47. The molecule has 0 N–H and O–H groups in total. The van der Waals surface area contributed by atoms with Gasteiger partial charge in [-0.1, -0.05) is 13.8 Å². The molecule has 68 valence electrons. The van der Waals surface area contributed by atoms with Gasteiger partial charge in [0.15, 0.2) is 0 Å². The minimum Gasteiger partial charge on any atom is -0.303 e. The van der Waals surface area contributed by atoms with Gasteiger partial charge in [-0.2, -0.15) is 0 Å². The van der Waals surface area contributed by atoms with Crippen molar-refractivity contribution in [2.45, 2.75) is 39.5 Å². The third-order valence-corrected chi connectivity index (χ3v) is 4.39. The number of rotatable bonds is 2. The maximum absolute atomic E-state index is 10.4. The molecule has 0 aromatic carbocycles. The highest BCUT2D eigenvalue weighted by atomic mass is 16.1. The van der Waals surface area contributed by atoms with Crippen molar-refractivity contribution in [1.29, 1.82) is 0 Å². The van der Waals surface area contributed by atoms with Crippen LogP contribution in [0.1, 0.15) is 39.5 Å². The lowest BCUT2D eigenvalue weighted by Gasteiger charge is -2.25. The highest BCUT2D eigenvalue weighted by Gasteiger charge is 2.52. The zero-order valence-corrected chi connectivity index (χ0v) is 8.05. The summed E-state index contributed by atoms with van der Waals surface area (Å²) in [4.78, 5) is 10.4. The fourth-order valence-electron chi connectivity index (χ4n) is 3.61. The Bertz CT molecular complexity index is 195. The summed E-state index contributed by atoms with van der Waals surface area (Å²) in [6.45, 7) is 4.78. The molecule has 2 aliphatic carbocycles. The van der Waals surface area contributed by atoms with Crippen molar-refractivity contribution in [3.63, 3.8) is 0 Å². The standard InChI is InChI=1S/C11H18O/c1-11(2)9-3-4-10(11)8(7-9)5-6-12/h6,8-10H,3-5,7H2,1-2H3/t8-,9?,10?/m0/s1. The first-order chi connectivity index (χ1) is 5.66. The molecule has 2 saturated carbocycles. The van der Waals surface area contributed by atoms with Gasteiger partial charge in [-0.05, 0) is 42.4 Å². The maximum Gasteiger partial charge on any atom is 0.120 e. The van der Waals surface area contributed by atoms with Crippen molar-refractivity contribution >= 4 is 6.29 Å². The van der Waals surface area contributed by atoms with Crippen molar-refractivity contribution in [3.05, 3.63) is 0 Å². The molecule has 0 saturated heterocycles. The average Bonchev–Trinajstić information content (AvgIpc) is 2.41. The number of carbonyl (C=O) groups excluding carboxylic acids is 1. The molecule has 2 fully saturated rings. The van der Waals surface area contributed by atoms with Crippen molar-refractivity contribution in [2.75, 3.05) is 0 Å². The summed E-state index contributed by atoms with van der Waals surface area (Å²) in [5.41, 5.74) is 0.535. The van der Waals surface area contributed by atoms with E-state index in [0.29, 0.717) is 5.41 Å². The predicted molar refractivity (Wildman–Crippen MR) is 48.8 cm³/mol. The highest BCUT2D eigenvalue weighted by molar-refractivity contribution is 5.50. The van der Waals surface area contributed by atoms with Crippen LogP contribution in [0.4, 0.5) is 0 Å². The zero-order valence-electron chi connectivity index (χ0n) is 8.05. The molecule has 12 heavy (non-hydrogen) atoms. The van der Waals surface area contributed by atoms with E-state index in [0.717, 1.165) is 30.5 Å². The Morgan fingerprint density at radius 1 is 1.42 bits per heavy atom. The summed E-state index contributed by atoms with van der Waals surface area (Å²) in [6.07, 6.45) is 6.02. The summed E-state index contributed by atoms with van der Waals surface area (Å²) < 4.78 is 0. The van der Waals surface area contributed by atoms with Crippen LogP contribution in [-0.4, -0.2) is 6.29 Å². The van der Waals surface area contributed by atoms with E-state index in [1.54, 1.807) is 0 Å². The van der Waals surface area contributed by atoms with Crippen LogP contribution in [0.15, 0.2) is 0 Å².